The van der Waals surface area contributed by atoms with Gasteiger partial charge in [-0.15, -0.1) is 23.5 Å². The van der Waals surface area contributed by atoms with E-state index >= 15 is 0 Å². The lowest BCUT2D eigenvalue weighted by molar-refractivity contribution is 1.47. The average Bonchev–Trinajstić information content (AvgIpc) is 3.33. The van der Waals surface area contributed by atoms with E-state index in [0.717, 1.165) is 10.3 Å². The van der Waals surface area contributed by atoms with Crippen molar-refractivity contribution in [3.8, 4) is 0 Å². The number of hydrogen-bond donors (Lipinski definition) is 0. The maximum Gasteiger partial charge on any atom is 0.0417 e. The van der Waals surface area contributed by atoms with Crippen LogP contribution in [-0.2, 0) is 0 Å². The van der Waals surface area contributed by atoms with Crippen molar-refractivity contribution < 1.29 is 0 Å². The van der Waals surface area contributed by atoms with Crippen molar-refractivity contribution >= 4 is 35.1 Å². The molecule has 0 radical (unpaired) electrons. The maximum atomic E-state index is 5.71. The summed E-state index contributed by atoms with van der Waals surface area (Å²) in [4.78, 5) is 2.46. The van der Waals surface area contributed by atoms with Crippen LogP contribution in [-0.4, -0.2) is 11.5 Å². The Morgan fingerprint density at radius 1 is 1.29 bits per heavy atom. The molecule has 1 aromatic carbocycles. The molecule has 1 aromatic rings. The van der Waals surface area contributed by atoms with E-state index in [9.17, 15) is 0 Å². The molecule has 2 rings (SSSR count). The summed E-state index contributed by atoms with van der Waals surface area (Å²) in [6, 6.07) is 7.82. The molecule has 21 heavy (non-hydrogen) atoms. The van der Waals surface area contributed by atoms with Crippen molar-refractivity contribution in [3.05, 3.63) is 65.6 Å². The zero-order valence-electron chi connectivity index (χ0n) is 13.1. The SMILES string of the molecule is C=C/C=C(\C=C)SC1CC1.CC.CSc1cccc(Cl)c1. The summed E-state index contributed by atoms with van der Waals surface area (Å²) >= 11 is 9.32. The van der Waals surface area contributed by atoms with Crippen molar-refractivity contribution in [1.82, 2.24) is 0 Å². The molecule has 3 heteroatoms. The molecule has 0 nitrogen and oxygen atoms in total. The third kappa shape index (κ3) is 10.8. The van der Waals surface area contributed by atoms with Crippen molar-refractivity contribution in [2.45, 2.75) is 36.8 Å². The standard InChI is InChI=1S/C9H12S.C7H7ClS.C2H6/c1-3-5-8(4-2)10-9-6-7-9;1-9-7-4-2-3-6(8)5-7;1-2/h3-5,9H,1-2,6-7H2;2-5H,1H3;1-2H3/b8-5+;;. The van der Waals surface area contributed by atoms with Gasteiger partial charge in [0.15, 0.2) is 0 Å². The number of hydrogen-bond acceptors (Lipinski definition) is 2. The van der Waals surface area contributed by atoms with E-state index in [1.807, 2.05) is 74.4 Å². The number of allylic oxidation sites excluding steroid dienone is 3. The van der Waals surface area contributed by atoms with Crippen LogP contribution in [0.15, 0.2) is 65.5 Å². The minimum atomic E-state index is 0.807. The van der Waals surface area contributed by atoms with Gasteiger partial charge in [0.2, 0.25) is 0 Å². The molecule has 0 amide bonds. The molecule has 0 aromatic heterocycles. The third-order valence-electron chi connectivity index (χ3n) is 2.34. The summed E-state index contributed by atoms with van der Waals surface area (Å²) in [6.07, 6.45) is 10.5. The van der Waals surface area contributed by atoms with Crippen molar-refractivity contribution in [1.29, 1.82) is 0 Å². The fraction of sp³-hybridized carbons (Fsp3) is 0.333. The van der Waals surface area contributed by atoms with Gasteiger partial charge in [0, 0.05) is 20.1 Å². The molecule has 0 saturated heterocycles. The molecule has 1 saturated carbocycles. The molecular formula is C18H25ClS2. The highest BCUT2D eigenvalue weighted by molar-refractivity contribution is 8.04. The Balaban J connectivity index is 0.000000342. The van der Waals surface area contributed by atoms with Crippen molar-refractivity contribution in [3.63, 3.8) is 0 Å². The van der Waals surface area contributed by atoms with Crippen LogP contribution >= 0.6 is 35.1 Å². The zero-order chi connectivity index (χ0) is 16.1. The van der Waals surface area contributed by atoms with Gasteiger partial charge in [-0.3, -0.25) is 0 Å². The van der Waals surface area contributed by atoms with Crippen LogP contribution in [0.5, 0.6) is 0 Å². The smallest absolute Gasteiger partial charge is 0.0417 e. The van der Waals surface area contributed by atoms with Crippen LogP contribution in [0.2, 0.25) is 5.02 Å². The largest absolute Gasteiger partial charge is 0.130 e. The Morgan fingerprint density at radius 2 is 1.95 bits per heavy atom. The van der Waals surface area contributed by atoms with Crippen LogP contribution in [0.25, 0.3) is 0 Å². The molecule has 0 heterocycles. The summed E-state index contributed by atoms with van der Waals surface area (Å²) in [5.41, 5.74) is 0. The van der Waals surface area contributed by atoms with Gasteiger partial charge < -0.3 is 0 Å². The van der Waals surface area contributed by atoms with Crippen LogP contribution < -0.4 is 0 Å². The Hall–Kier alpha value is -0.570. The van der Waals surface area contributed by atoms with E-state index in [-0.39, 0.29) is 0 Å². The monoisotopic (exact) mass is 340 g/mol. The lowest BCUT2D eigenvalue weighted by Crippen LogP contribution is -1.72. The first kappa shape index (κ1) is 20.4. The molecule has 1 fully saturated rings. The second-order valence-corrected chi connectivity index (χ2v) is 6.68. The molecule has 0 aliphatic heterocycles. The fourth-order valence-corrected chi connectivity index (χ4v) is 2.99. The number of benzene rings is 1. The summed E-state index contributed by atoms with van der Waals surface area (Å²) in [5.74, 6) is 0. The van der Waals surface area contributed by atoms with Gasteiger partial charge in [0.05, 0.1) is 0 Å². The first-order valence-corrected chi connectivity index (χ1v) is 9.59. The molecule has 0 spiro atoms. The predicted octanol–water partition coefficient (Wildman–Crippen LogP) is 7.23. The molecule has 1 aliphatic rings. The van der Waals surface area contributed by atoms with Gasteiger partial charge in [0.25, 0.3) is 0 Å². The molecule has 0 N–H and O–H groups in total. The van der Waals surface area contributed by atoms with Gasteiger partial charge in [-0.2, -0.15) is 0 Å². The Labute approximate surface area is 143 Å². The first-order valence-electron chi connectivity index (χ1n) is 7.11. The zero-order valence-corrected chi connectivity index (χ0v) is 15.5. The third-order valence-corrected chi connectivity index (χ3v) is 4.68. The quantitative estimate of drug-likeness (QED) is 0.409. The molecule has 0 bridgehead atoms. The number of halogens is 1. The minimum absolute atomic E-state index is 0.807. The highest BCUT2D eigenvalue weighted by atomic mass is 35.5. The van der Waals surface area contributed by atoms with Gasteiger partial charge in [-0.1, -0.05) is 56.8 Å². The molecule has 116 valence electrons. The predicted molar refractivity (Wildman–Crippen MR) is 104 cm³/mol. The Kier molecular flexibility index (Phi) is 12.8. The van der Waals surface area contributed by atoms with Crippen molar-refractivity contribution in [2.24, 2.45) is 0 Å². The van der Waals surface area contributed by atoms with E-state index in [1.54, 1.807) is 11.8 Å². The topological polar surface area (TPSA) is 0 Å². The highest BCUT2D eigenvalue weighted by Crippen LogP contribution is 2.38. The van der Waals surface area contributed by atoms with Gasteiger partial charge in [-0.05, 0) is 43.4 Å². The first-order chi connectivity index (χ1) is 10.2. The van der Waals surface area contributed by atoms with Crippen LogP contribution in [0, 0.1) is 0 Å². The number of thioether (sulfide) groups is 2. The second kappa shape index (κ2) is 13.1. The molecule has 0 atom stereocenters. The molecule has 0 unspecified atom stereocenters. The highest BCUT2D eigenvalue weighted by Gasteiger charge is 2.22. The minimum Gasteiger partial charge on any atom is -0.130 e. The van der Waals surface area contributed by atoms with Gasteiger partial charge in [0.1, 0.15) is 0 Å². The van der Waals surface area contributed by atoms with Crippen LogP contribution in [0.1, 0.15) is 26.7 Å². The lowest BCUT2D eigenvalue weighted by atomic mass is 10.4. The fourth-order valence-electron chi connectivity index (χ4n) is 1.24. The Bertz CT molecular complexity index is 448. The normalized spacial score (nSPS) is 13.2. The van der Waals surface area contributed by atoms with Gasteiger partial charge in [-0.25, -0.2) is 0 Å². The summed E-state index contributed by atoms with van der Waals surface area (Å²) in [7, 11) is 0. The number of rotatable bonds is 5. The maximum absolute atomic E-state index is 5.71. The second-order valence-electron chi connectivity index (χ2n) is 3.99. The molecular weight excluding hydrogens is 316 g/mol. The van der Waals surface area contributed by atoms with E-state index in [4.69, 9.17) is 11.6 Å². The van der Waals surface area contributed by atoms with E-state index < -0.39 is 0 Å². The average molecular weight is 341 g/mol. The van der Waals surface area contributed by atoms with Crippen molar-refractivity contribution in [2.75, 3.05) is 6.26 Å². The van der Waals surface area contributed by atoms with Crippen LogP contribution in [0.4, 0.5) is 0 Å². The van der Waals surface area contributed by atoms with E-state index in [0.29, 0.717) is 0 Å². The van der Waals surface area contributed by atoms with Crippen LogP contribution in [0.3, 0.4) is 0 Å². The van der Waals surface area contributed by atoms with E-state index in [1.165, 1.54) is 22.6 Å². The van der Waals surface area contributed by atoms with Gasteiger partial charge >= 0.3 is 0 Å². The Morgan fingerprint density at radius 3 is 2.33 bits per heavy atom. The summed E-state index contributed by atoms with van der Waals surface area (Å²) in [6.45, 7) is 11.4. The summed E-state index contributed by atoms with van der Waals surface area (Å²) in [5, 5.41) is 1.67. The molecule has 1 aliphatic carbocycles. The van der Waals surface area contributed by atoms with E-state index in [2.05, 4.69) is 13.2 Å². The summed E-state index contributed by atoms with van der Waals surface area (Å²) < 4.78 is 0. The lowest BCUT2D eigenvalue weighted by Gasteiger charge is -1.95.